The number of hydrogen-bond donors (Lipinski definition) is 3. The van der Waals surface area contributed by atoms with Crippen LogP contribution >= 0.6 is 0 Å². The summed E-state index contributed by atoms with van der Waals surface area (Å²) in [5, 5.41) is 4.73. The second kappa shape index (κ2) is 6.25. The fourth-order valence-electron chi connectivity index (χ4n) is 1.29. The molecule has 0 aliphatic carbocycles. The molecule has 4 N–H and O–H groups in total. The average molecular weight is 261 g/mol. The molecule has 0 unspecified atom stereocenters. The summed E-state index contributed by atoms with van der Waals surface area (Å²) < 4.78 is 36.3. The number of hydrogen-bond acceptors (Lipinski definition) is 3. The van der Waals surface area contributed by atoms with Crippen molar-refractivity contribution in [2.75, 3.05) is 23.7 Å². The van der Waals surface area contributed by atoms with E-state index in [0.29, 0.717) is 5.69 Å². The van der Waals surface area contributed by atoms with Gasteiger partial charge in [-0.1, -0.05) is 12.1 Å². The molecule has 0 saturated heterocycles. The number of anilines is 2. The molecule has 7 heteroatoms. The van der Waals surface area contributed by atoms with E-state index < -0.39 is 12.7 Å². The van der Waals surface area contributed by atoms with Crippen molar-refractivity contribution in [3.63, 3.8) is 0 Å². The number of carbonyl (C=O) groups excluding carboxylic acids is 1. The third kappa shape index (κ3) is 5.05. The van der Waals surface area contributed by atoms with Crippen LogP contribution in [-0.2, 0) is 4.79 Å². The molecule has 0 fully saturated rings. The molecular formula is C11H14F3N3O. The van der Waals surface area contributed by atoms with Crippen LogP contribution in [0.4, 0.5) is 24.5 Å². The molecule has 0 aromatic heterocycles. The van der Waals surface area contributed by atoms with Crippen molar-refractivity contribution in [1.29, 1.82) is 0 Å². The number of alkyl halides is 3. The first-order chi connectivity index (χ1) is 8.42. The Morgan fingerprint density at radius 1 is 1.22 bits per heavy atom. The summed E-state index contributed by atoms with van der Waals surface area (Å²) in [4.78, 5) is 11.3. The lowest BCUT2D eigenvalue weighted by molar-refractivity contribution is -0.116. The van der Waals surface area contributed by atoms with E-state index in [2.05, 4.69) is 10.6 Å². The van der Waals surface area contributed by atoms with Gasteiger partial charge in [0.1, 0.15) is 6.54 Å². The number of nitrogens with two attached hydrogens (primary N) is 1. The molecule has 0 aliphatic rings. The molecule has 0 atom stereocenters. The first-order valence-corrected chi connectivity index (χ1v) is 5.32. The molecule has 0 spiro atoms. The minimum absolute atomic E-state index is 0.119. The van der Waals surface area contributed by atoms with E-state index in [9.17, 15) is 18.0 Å². The number of benzene rings is 1. The quantitative estimate of drug-likeness (QED) is 0.759. The smallest absolute Gasteiger partial charge is 0.375 e. The third-order valence-electron chi connectivity index (χ3n) is 2.05. The van der Waals surface area contributed by atoms with Gasteiger partial charge in [-0.05, 0) is 12.1 Å². The lowest BCUT2D eigenvalue weighted by Gasteiger charge is -2.14. The van der Waals surface area contributed by atoms with E-state index in [0.717, 1.165) is 0 Å². The predicted molar refractivity (Wildman–Crippen MR) is 63.3 cm³/mol. The van der Waals surface area contributed by atoms with Crippen LogP contribution < -0.4 is 16.4 Å². The predicted octanol–water partition coefficient (Wildman–Crippen LogP) is 1.95. The lowest BCUT2D eigenvalue weighted by Crippen LogP contribution is -2.22. The molecule has 0 heterocycles. The van der Waals surface area contributed by atoms with Gasteiger partial charge in [0.25, 0.3) is 0 Å². The highest BCUT2D eigenvalue weighted by Gasteiger charge is 2.26. The molecule has 1 rings (SSSR count). The molecular weight excluding hydrogens is 247 g/mol. The number of rotatable bonds is 5. The van der Waals surface area contributed by atoms with Gasteiger partial charge in [-0.3, -0.25) is 4.79 Å². The molecule has 1 aromatic carbocycles. The first-order valence-electron chi connectivity index (χ1n) is 5.32. The van der Waals surface area contributed by atoms with Crippen LogP contribution in [0.3, 0.4) is 0 Å². The van der Waals surface area contributed by atoms with E-state index in [1.54, 1.807) is 12.1 Å². The topological polar surface area (TPSA) is 67.2 Å². The minimum atomic E-state index is -4.31. The summed E-state index contributed by atoms with van der Waals surface area (Å²) in [6.07, 6.45) is -4.19. The summed E-state index contributed by atoms with van der Waals surface area (Å²) in [6.45, 7) is -0.971. The van der Waals surface area contributed by atoms with Gasteiger partial charge in [0.2, 0.25) is 5.91 Å². The maximum atomic E-state index is 12.1. The van der Waals surface area contributed by atoms with Crippen LogP contribution in [0.5, 0.6) is 0 Å². The van der Waals surface area contributed by atoms with Crippen LogP contribution in [0.1, 0.15) is 6.42 Å². The Hall–Kier alpha value is -1.76. The standard InChI is InChI=1S/C11H14F3N3O/c12-11(13,14)7-16-8-3-1-2-4-9(8)17-10(18)5-6-15/h1-4,16H,5-7,15H2,(H,17,18). The largest absolute Gasteiger partial charge is 0.405 e. The summed E-state index contributed by atoms with van der Waals surface area (Å²) in [7, 11) is 0. The van der Waals surface area contributed by atoms with Gasteiger partial charge < -0.3 is 16.4 Å². The highest BCUT2D eigenvalue weighted by atomic mass is 19.4. The second-order valence-electron chi connectivity index (χ2n) is 3.60. The fraction of sp³-hybridized carbons (Fsp3) is 0.364. The summed E-state index contributed by atoms with van der Waals surface area (Å²) in [6, 6.07) is 6.19. The Bertz CT molecular complexity index is 407. The Balaban J connectivity index is 2.70. The second-order valence-corrected chi connectivity index (χ2v) is 3.60. The zero-order valence-electron chi connectivity index (χ0n) is 9.55. The van der Waals surface area contributed by atoms with Crippen molar-refractivity contribution in [3.8, 4) is 0 Å². The SMILES string of the molecule is NCCC(=O)Nc1ccccc1NCC(F)(F)F. The fourth-order valence-corrected chi connectivity index (χ4v) is 1.29. The molecule has 0 saturated carbocycles. The van der Waals surface area contributed by atoms with Crippen molar-refractivity contribution in [1.82, 2.24) is 0 Å². The molecule has 4 nitrogen and oxygen atoms in total. The maximum absolute atomic E-state index is 12.1. The minimum Gasteiger partial charge on any atom is -0.375 e. The van der Waals surface area contributed by atoms with Crippen molar-refractivity contribution in [3.05, 3.63) is 24.3 Å². The van der Waals surface area contributed by atoms with Crippen LogP contribution in [-0.4, -0.2) is 25.2 Å². The number of carbonyl (C=O) groups is 1. The van der Waals surface area contributed by atoms with Crippen molar-refractivity contribution < 1.29 is 18.0 Å². The van der Waals surface area contributed by atoms with Crippen LogP contribution in [0, 0.1) is 0 Å². The van der Waals surface area contributed by atoms with Crippen LogP contribution in [0.25, 0.3) is 0 Å². The zero-order chi connectivity index (χ0) is 13.6. The van der Waals surface area contributed by atoms with E-state index in [4.69, 9.17) is 5.73 Å². The molecule has 0 radical (unpaired) electrons. The molecule has 1 amide bonds. The number of nitrogens with one attached hydrogen (secondary N) is 2. The summed E-state index contributed by atoms with van der Waals surface area (Å²) >= 11 is 0. The van der Waals surface area contributed by atoms with E-state index in [1.807, 2.05) is 0 Å². The highest BCUT2D eigenvalue weighted by Crippen LogP contribution is 2.23. The van der Waals surface area contributed by atoms with Gasteiger partial charge in [0.05, 0.1) is 11.4 Å². The lowest BCUT2D eigenvalue weighted by atomic mass is 10.2. The Kier molecular flexibility index (Phi) is 4.96. The third-order valence-corrected chi connectivity index (χ3v) is 2.05. The van der Waals surface area contributed by atoms with E-state index >= 15 is 0 Å². The Labute approximate surface area is 102 Å². The van der Waals surface area contributed by atoms with Gasteiger partial charge in [0.15, 0.2) is 0 Å². The number of halogens is 3. The molecule has 0 aliphatic heterocycles. The summed E-state index contributed by atoms with van der Waals surface area (Å²) in [5.41, 5.74) is 5.74. The normalized spacial score (nSPS) is 11.1. The van der Waals surface area contributed by atoms with Crippen LogP contribution in [0.15, 0.2) is 24.3 Å². The Morgan fingerprint density at radius 2 is 1.83 bits per heavy atom. The van der Waals surface area contributed by atoms with Gasteiger partial charge in [0, 0.05) is 13.0 Å². The van der Waals surface area contributed by atoms with E-state index in [1.165, 1.54) is 12.1 Å². The van der Waals surface area contributed by atoms with Crippen LogP contribution in [0.2, 0.25) is 0 Å². The maximum Gasteiger partial charge on any atom is 0.405 e. The van der Waals surface area contributed by atoms with Gasteiger partial charge >= 0.3 is 6.18 Å². The number of para-hydroxylation sites is 2. The van der Waals surface area contributed by atoms with Crippen molar-refractivity contribution in [2.45, 2.75) is 12.6 Å². The van der Waals surface area contributed by atoms with Gasteiger partial charge in [-0.2, -0.15) is 13.2 Å². The summed E-state index contributed by atoms with van der Waals surface area (Å²) in [5.74, 6) is -0.334. The van der Waals surface area contributed by atoms with Crippen molar-refractivity contribution >= 4 is 17.3 Å². The Morgan fingerprint density at radius 3 is 2.39 bits per heavy atom. The highest BCUT2D eigenvalue weighted by molar-refractivity contribution is 5.94. The zero-order valence-corrected chi connectivity index (χ0v) is 9.55. The first kappa shape index (κ1) is 14.3. The molecule has 18 heavy (non-hydrogen) atoms. The molecule has 0 bridgehead atoms. The van der Waals surface area contributed by atoms with E-state index in [-0.39, 0.29) is 24.6 Å². The van der Waals surface area contributed by atoms with Gasteiger partial charge in [-0.25, -0.2) is 0 Å². The molecule has 1 aromatic rings. The monoisotopic (exact) mass is 261 g/mol. The average Bonchev–Trinajstić information content (AvgIpc) is 2.27. The number of amides is 1. The molecule has 100 valence electrons. The van der Waals surface area contributed by atoms with Crippen molar-refractivity contribution in [2.24, 2.45) is 5.73 Å². The van der Waals surface area contributed by atoms with Gasteiger partial charge in [-0.15, -0.1) is 0 Å².